The number of nitrogen functional groups attached to an aromatic ring is 1. The number of H-pyrrole nitrogens is 1. The van der Waals surface area contributed by atoms with Crippen LogP contribution in [0.2, 0.25) is 0 Å². The first kappa shape index (κ1) is 49.3. The molecule has 3 aromatic rings. The number of nitrogens with zero attached hydrogens (tertiary/aromatic N) is 4. The summed E-state index contributed by atoms with van der Waals surface area (Å²) in [6, 6.07) is 7.25. The highest BCUT2D eigenvalue weighted by Gasteiger charge is 2.17. The number of ether oxygens (including phenoxy) is 2. The molecule has 0 spiro atoms. The Hall–Kier alpha value is -3.73. The molecule has 0 aliphatic heterocycles. The van der Waals surface area contributed by atoms with Crippen molar-refractivity contribution in [3.05, 3.63) is 45.9 Å². The van der Waals surface area contributed by atoms with Gasteiger partial charge in [0.1, 0.15) is 11.1 Å². The fourth-order valence-electron chi connectivity index (χ4n) is 6.05. The second kappa shape index (κ2) is 26.2. The SMILES string of the molecule is CC(=O)OC(C)(C)C.CCCC(CCC(C)CC)CN(CCC)CCC(C)CC.CCCCOc1nc(N)c2[nH]c(=O)n(Cc3ccc(C(C)=O)cc3)c2n1. The Labute approximate surface area is 332 Å². The van der Waals surface area contributed by atoms with Gasteiger partial charge in [-0.05, 0) is 96.2 Å². The molecule has 312 valence electrons. The van der Waals surface area contributed by atoms with Gasteiger partial charge in [0.25, 0.3) is 0 Å². The maximum absolute atomic E-state index is 12.3. The van der Waals surface area contributed by atoms with Gasteiger partial charge in [-0.15, -0.1) is 0 Å². The number of anilines is 1. The van der Waals surface area contributed by atoms with Crippen molar-refractivity contribution in [2.24, 2.45) is 17.8 Å². The lowest BCUT2D eigenvalue weighted by molar-refractivity contribution is -0.151. The number of aromatic nitrogens is 4. The van der Waals surface area contributed by atoms with E-state index in [2.05, 4.69) is 68.3 Å². The number of aromatic amines is 1. The molecule has 11 heteroatoms. The van der Waals surface area contributed by atoms with Crippen LogP contribution in [0.5, 0.6) is 6.01 Å². The first-order valence-electron chi connectivity index (χ1n) is 20.9. The molecule has 3 unspecified atom stereocenters. The molecule has 0 bridgehead atoms. The highest BCUT2D eigenvalue weighted by molar-refractivity contribution is 5.94. The van der Waals surface area contributed by atoms with Crippen LogP contribution < -0.4 is 16.2 Å². The molecule has 3 rings (SSSR count). The molecule has 55 heavy (non-hydrogen) atoms. The quantitative estimate of drug-likeness (QED) is 0.0614. The van der Waals surface area contributed by atoms with Gasteiger partial charge >= 0.3 is 17.7 Å². The minimum Gasteiger partial charge on any atom is -0.463 e. The van der Waals surface area contributed by atoms with Gasteiger partial charge < -0.3 is 25.1 Å². The van der Waals surface area contributed by atoms with E-state index < -0.39 is 0 Å². The Balaban J connectivity index is 0.000000468. The molecule has 0 saturated heterocycles. The zero-order valence-corrected chi connectivity index (χ0v) is 36.6. The van der Waals surface area contributed by atoms with Crippen LogP contribution in [0, 0.1) is 17.8 Å². The maximum atomic E-state index is 12.3. The number of rotatable bonds is 21. The van der Waals surface area contributed by atoms with Crippen LogP contribution in [0.1, 0.15) is 163 Å². The van der Waals surface area contributed by atoms with Crippen molar-refractivity contribution in [2.45, 2.75) is 159 Å². The molecule has 3 N–H and O–H groups in total. The standard InChI is InChI=1S/C20H43N.C18H21N5O3.C6H12O2/c1-7-11-20(13-12-18(5)9-3)17-21(15-8-2)16-14-19(6)10-4;1-3-4-9-26-17-21-15(19)14-16(22-17)23(18(25)20-14)10-12-5-7-13(8-6-12)11(2)24;1-5(7)8-6(2,3)4/h18-20H,7-17H2,1-6H3;5-8H,3-4,9-10H2,1-2H3,(H,20,25)(H2,19,21,22);1-4H3. The van der Waals surface area contributed by atoms with Gasteiger partial charge in [0, 0.05) is 19.0 Å². The number of imidazole rings is 1. The summed E-state index contributed by atoms with van der Waals surface area (Å²) in [5.74, 6) is 2.66. The first-order chi connectivity index (χ1) is 26.0. The Kier molecular flexibility index (Phi) is 23.5. The summed E-state index contributed by atoms with van der Waals surface area (Å²) in [5.41, 5.74) is 7.55. The molecular formula is C44H76N6O5. The van der Waals surface area contributed by atoms with E-state index in [0.29, 0.717) is 29.9 Å². The normalized spacial score (nSPS) is 13.0. The Morgan fingerprint density at radius 3 is 2.02 bits per heavy atom. The van der Waals surface area contributed by atoms with Gasteiger partial charge in [0.15, 0.2) is 17.2 Å². The molecule has 0 radical (unpaired) electrons. The van der Waals surface area contributed by atoms with Crippen molar-refractivity contribution in [1.29, 1.82) is 0 Å². The van der Waals surface area contributed by atoms with Gasteiger partial charge in [0.2, 0.25) is 0 Å². The van der Waals surface area contributed by atoms with Crippen LogP contribution in [0.25, 0.3) is 11.2 Å². The zero-order chi connectivity index (χ0) is 41.6. The van der Waals surface area contributed by atoms with E-state index in [1.165, 1.54) is 89.4 Å². The topological polar surface area (TPSA) is 145 Å². The van der Waals surface area contributed by atoms with Crippen LogP contribution in [-0.2, 0) is 16.1 Å². The molecule has 1 aromatic carbocycles. The van der Waals surface area contributed by atoms with E-state index in [1.807, 2.05) is 32.9 Å². The average molecular weight is 769 g/mol. The van der Waals surface area contributed by atoms with Crippen molar-refractivity contribution in [1.82, 2.24) is 24.4 Å². The number of Topliss-reactive ketones (excluding diaryl/α,β-unsaturated/α-hetero) is 1. The third kappa shape index (κ3) is 20.1. The number of unbranched alkanes of at least 4 members (excludes halogenated alkanes) is 1. The van der Waals surface area contributed by atoms with Crippen LogP contribution in [0.15, 0.2) is 29.1 Å². The number of carbonyl (C=O) groups excluding carboxylic acids is 2. The van der Waals surface area contributed by atoms with Crippen LogP contribution in [-0.4, -0.2) is 68.0 Å². The number of benzene rings is 1. The van der Waals surface area contributed by atoms with Gasteiger partial charge in [-0.25, -0.2) is 4.79 Å². The predicted octanol–water partition coefficient (Wildman–Crippen LogP) is 9.86. The monoisotopic (exact) mass is 769 g/mol. The fraction of sp³-hybridized carbons (Fsp3) is 0.705. The number of carbonyl (C=O) groups is 2. The Bertz CT molecular complexity index is 1550. The number of hydrogen-bond donors (Lipinski definition) is 2. The highest BCUT2D eigenvalue weighted by atomic mass is 16.6. The molecule has 2 aromatic heterocycles. The molecule has 0 aliphatic rings. The van der Waals surface area contributed by atoms with Crippen molar-refractivity contribution >= 4 is 28.7 Å². The van der Waals surface area contributed by atoms with E-state index in [0.717, 1.165) is 36.2 Å². The Morgan fingerprint density at radius 1 is 0.873 bits per heavy atom. The Morgan fingerprint density at radius 2 is 1.51 bits per heavy atom. The summed E-state index contributed by atoms with van der Waals surface area (Å²) in [7, 11) is 0. The van der Waals surface area contributed by atoms with Crippen molar-refractivity contribution in [3.8, 4) is 6.01 Å². The third-order valence-corrected chi connectivity index (χ3v) is 9.66. The lowest BCUT2D eigenvalue weighted by atomic mass is 9.91. The van der Waals surface area contributed by atoms with E-state index in [-0.39, 0.29) is 34.9 Å². The average Bonchev–Trinajstić information content (AvgIpc) is 3.43. The second-order valence-corrected chi connectivity index (χ2v) is 16.1. The van der Waals surface area contributed by atoms with Crippen LogP contribution in [0.3, 0.4) is 0 Å². The van der Waals surface area contributed by atoms with Gasteiger partial charge in [-0.2, -0.15) is 9.97 Å². The largest absolute Gasteiger partial charge is 0.463 e. The number of hydrogen-bond acceptors (Lipinski definition) is 9. The second-order valence-electron chi connectivity index (χ2n) is 16.1. The maximum Gasteiger partial charge on any atom is 0.328 e. The van der Waals surface area contributed by atoms with Gasteiger partial charge in [0.05, 0.1) is 13.2 Å². The molecular weight excluding hydrogens is 693 g/mol. The van der Waals surface area contributed by atoms with Crippen LogP contribution in [0.4, 0.5) is 5.82 Å². The van der Waals surface area contributed by atoms with Crippen molar-refractivity contribution < 1.29 is 19.1 Å². The fourth-order valence-corrected chi connectivity index (χ4v) is 6.05. The molecule has 2 heterocycles. The lowest BCUT2D eigenvalue weighted by Crippen LogP contribution is -2.32. The third-order valence-electron chi connectivity index (χ3n) is 9.66. The first-order valence-corrected chi connectivity index (χ1v) is 20.9. The number of nitrogens with two attached hydrogens (primary N) is 1. The molecule has 0 amide bonds. The molecule has 0 fully saturated rings. The predicted molar refractivity (Wildman–Crippen MR) is 228 cm³/mol. The summed E-state index contributed by atoms with van der Waals surface area (Å²) in [5, 5.41) is 0. The van der Waals surface area contributed by atoms with E-state index in [9.17, 15) is 14.4 Å². The molecule has 3 atom stereocenters. The summed E-state index contributed by atoms with van der Waals surface area (Å²) in [6.07, 6.45) is 12.8. The summed E-state index contributed by atoms with van der Waals surface area (Å²) >= 11 is 0. The van der Waals surface area contributed by atoms with E-state index >= 15 is 0 Å². The van der Waals surface area contributed by atoms with E-state index in [1.54, 1.807) is 12.1 Å². The molecule has 0 aliphatic carbocycles. The zero-order valence-electron chi connectivity index (χ0n) is 36.6. The molecule has 11 nitrogen and oxygen atoms in total. The van der Waals surface area contributed by atoms with Gasteiger partial charge in [-0.1, -0.05) is 105 Å². The minimum atomic E-state index is -0.331. The number of ketones is 1. The number of esters is 1. The van der Waals surface area contributed by atoms with Crippen LogP contribution >= 0.6 is 0 Å². The summed E-state index contributed by atoms with van der Waals surface area (Å²) < 4.78 is 11.8. The van der Waals surface area contributed by atoms with Crippen molar-refractivity contribution in [3.63, 3.8) is 0 Å². The van der Waals surface area contributed by atoms with Gasteiger partial charge in [-0.3, -0.25) is 14.2 Å². The smallest absolute Gasteiger partial charge is 0.328 e. The van der Waals surface area contributed by atoms with E-state index in [4.69, 9.17) is 15.2 Å². The summed E-state index contributed by atoms with van der Waals surface area (Å²) in [4.78, 5) is 47.8. The summed E-state index contributed by atoms with van der Waals surface area (Å²) in [6.45, 7) is 29.4. The minimum absolute atomic E-state index is 0.00445. The molecule has 0 saturated carbocycles. The highest BCUT2D eigenvalue weighted by Crippen LogP contribution is 2.22. The lowest BCUT2D eigenvalue weighted by Gasteiger charge is -2.28. The number of fused-ring (bicyclic) bond motifs is 1. The van der Waals surface area contributed by atoms with Crippen molar-refractivity contribution in [2.75, 3.05) is 32.0 Å². The number of nitrogens with one attached hydrogen (secondary N) is 1.